The molecule has 3 atom stereocenters. The van der Waals surface area contributed by atoms with Crippen LogP contribution in [0.3, 0.4) is 0 Å². The van der Waals surface area contributed by atoms with Gasteiger partial charge in [-0.05, 0) is 16.6 Å². The van der Waals surface area contributed by atoms with E-state index in [0.717, 1.165) is 0 Å². The van der Waals surface area contributed by atoms with Crippen molar-refractivity contribution in [1.82, 2.24) is 0 Å². The zero-order valence-electron chi connectivity index (χ0n) is 13.1. The van der Waals surface area contributed by atoms with Crippen LogP contribution in [0.25, 0.3) is 0 Å². The summed E-state index contributed by atoms with van der Waals surface area (Å²) in [6.07, 6.45) is -1.99. The third-order valence-corrected chi connectivity index (χ3v) is 10.5. The molecule has 0 bridgehead atoms. The van der Waals surface area contributed by atoms with Gasteiger partial charge in [0, 0.05) is 0 Å². The number of rotatable bonds is 6. The standard InChI is InChI=1S/C14H30O4Si/c1-9(2)19(10(3)4,11(5)6)18-8-13-14(16)12(15)7-17-13/h9-16H,7-8H2,1-6H3. The molecule has 1 fully saturated rings. The first-order valence-corrected chi connectivity index (χ1v) is 9.49. The fourth-order valence-corrected chi connectivity index (χ4v) is 8.99. The molecule has 4 nitrogen and oxygen atoms in total. The highest BCUT2D eigenvalue weighted by molar-refractivity contribution is 6.77. The molecule has 19 heavy (non-hydrogen) atoms. The molecule has 0 saturated carbocycles. The molecule has 1 aliphatic rings. The Kier molecular flexibility index (Phi) is 6.01. The highest BCUT2D eigenvalue weighted by Gasteiger charge is 2.46. The summed E-state index contributed by atoms with van der Waals surface area (Å²) in [6.45, 7) is 14.0. The van der Waals surface area contributed by atoms with Crippen molar-refractivity contribution < 1.29 is 19.4 Å². The molecule has 0 amide bonds. The van der Waals surface area contributed by atoms with Crippen LogP contribution in [0.15, 0.2) is 0 Å². The van der Waals surface area contributed by atoms with E-state index in [1.807, 2.05) is 0 Å². The summed E-state index contributed by atoms with van der Waals surface area (Å²) in [5.74, 6) is 0. The van der Waals surface area contributed by atoms with Crippen molar-refractivity contribution in [1.29, 1.82) is 0 Å². The van der Waals surface area contributed by atoms with Crippen LogP contribution in [0, 0.1) is 0 Å². The molecular weight excluding hydrogens is 260 g/mol. The smallest absolute Gasteiger partial charge is 0.200 e. The Morgan fingerprint density at radius 2 is 1.53 bits per heavy atom. The molecule has 5 heteroatoms. The van der Waals surface area contributed by atoms with Crippen LogP contribution in [0.1, 0.15) is 41.5 Å². The lowest BCUT2D eigenvalue weighted by Gasteiger charge is -2.42. The van der Waals surface area contributed by atoms with Gasteiger partial charge in [0.05, 0.1) is 13.2 Å². The summed E-state index contributed by atoms with van der Waals surface area (Å²) in [5.41, 5.74) is 1.53. The van der Waals surface area contributed by atoms with Crippen LogP contribution in [0.2, 0.25) is 16.6 Å². The molecule has 0 radical (unpaired) electrons. The van der Waals surface area contributed by atoms with Crippen LogP contribution >= 0.6 is 0 Å². The lowest BCUT2D eigenvalue weighted by molar-refractivity contribution is -0.00378. The number of aliphatic hydroxyl groups is 2. The Morgan fingerprint density at radius 3 is 1.84 bits per heavy atom. The van der Waals surface area contributed by atoms with Gasteiger partial charge < -0.3 is 19.4 Å². The minimum Gasteiger partial charge on any atom is -0.413 e. The molecule has 114 valence electrons. The first-order valence-electron chi connectivity index (χ1n) is 7.35. The van der Waals surface area contributed by atoms with E-state index in [2.05, 4.69) is 41.5 Å². The highest BCUT2D eigenvalue weighted by Crippen LogP contribution is 2.42. The number of hydrogen-bond donors (Lipinski definition) is 2. The maximum Gasteiger partial charge on any atom is 0.200 e. The fourth-order valence-electron chi connectivity index (χ4n) is 3.54. The van der Waals surface area contributed by atoms with E-state index in [9.17, 15) is 10.2 Å². The molecule has 0 aromatic rings. The predicted octanol–water partition coefficient (Wildman–Crippen LogP) is 2.30. The van der Waals surface area contributed by atoms with Gasteiger partial charge in [-0.25, -0.2) is 0 Å². The monoisotopic (exact) mass is 290 g/mol. The third-order valence-electron chi connectivity index (χ3n) is 4.46. The van der Waals surface area contributed by atoms with Gasteiger partial charge in [-0.15, -0.1) is 0 Å². The SMILES string of the molecule is CC(C)[Si](OCC1OCC(O)C1O)(C(C)C)C(C)C. The summed E-state index contributed by atoms with van der Waals surface area (Å²) in [4.78, 5) is 0. The first kappa shape index (κ1) is 17.1. The Balaban J connectivity index is 2.74. The lowest BCUT2D eigenvalue weighted by Crippen LogP contribution is -2.50. The maximum absolute atomic E-state index is 9.83. The van der Waals surface area contributed by atoms with E-state index in [4.69, 9.17) is 9.16 Å². The summed E-state index contributed by atoms with van der Waals surface area (Å²) in [6, 6.07) is 0. The van der Waals surface area contributed by atoms with Crippen LogP contribution in [0.4, 0.5) is 0 Å². The predicted molar refractivity (Wildman–Crippen MR) is 78.8 cm³/mol. The molecule has 1 aliphatic heterocycles. The molecule has 0 aromatic carbocycles. The third kappa shape index (κ3) is 3.39. The second-order valence-corrected chi connectivity index (χ2v) is 12.0. The second-order valence-electron chi connectivity index (χ2n) is 6.56. The topological polar surface area (TPSA) is 58.9 Å². The summed E-state index contributed by atoms with van der Waals surface area (Å²) < 4.78 is 11.8. The van der Waals surface area contributed by atoms with Crippen LogP contribution in [-0.4, -0.2) is 50.1 Å². The Bertz CT molecular complexity index is 259. The Labute approximate surface area is 118 Å². The van der Waals surface area contributed by atoms with Crippen molar-refractivity contribution in [2.45, 2.75) is 76.5 Å². The molecule has 1 saturated heterocycles. The molecule has 2 N–H and O–H groups in total. The van der Waals surface area contributed by atoms with Gasteiger partial charge in [-0.2, -0.15) is 0 Å². The molecule has 1 rings (SSSR count). The van der Waals surface area contributed by atoms with Crippen molar-refractivity contribution in [3.05, 3.63) is 0 Å². The molecule has 0 spiro atoms. The van der Waals surface area contributed by atoms with Gasteiger partial charge in [0.2, 0.25) is 0 Å². The summed E-state index contributed by atoms with van der Waals surface area (Å²) in [5, 5.41) is 19.3. The van der Waals surface area contributed by atoms with Crippen molar-refractivity contribution in [3.8, 4) is 0 Å². The largest absolute Gasteiger partial charge is 0.413 e. The van der Waals surface area contributed by atoms with Crippen LogP contribution in [0.5, 0.6) is 0 Å². The first-order chi connectivity index (χ1) is 8.73. The number of hydrogen-bond acceptors (Lipinski definition) is 4. The van der Waals surface area contributed by atoms with E-state index >= 15 is 0 Å². The lowest BCUT2D eigenvalue weighted by atomic mass is 10.2. The van der Waals surface area contributed by atoms with E-state index < -0.39 is 26.6 Å². The minimum atomic E-state index is -1.92. The van der Waals surface area contributed by atoms with Crippen LogP contribution < -0.4 is 0 Å². The normalized spacial score (nSPS) is 28.9. The van der Waals surface area contributed by atoms with E-state index in [1.165, 1.54) is 0 Å². The molecular formula is C14H30O4Si. The summed E-state index contributed by atoms with van der Waals surface area (Å²) in [7, 11) is -1.92. The van der Waals surface area contributed by atoms with Gasteiger partial charge in [-0.1, -0.05) is 41.5 Å². The molecule has 0 aliphatic carbocycles. The zero-order chi connectivity index (χ0) is 14.8. The number of aliphatic hydroxyl groups excluding tert-OH is 2. The Hall–Kier alpha value is 0.0569. The average molecular weight is 290 g/mol. The zero-order valence-corrected chi connectivity index (χ0v) is 14.1. The van der Waals surface area contributed by atoms with Crippen LogP contribution in [-0.2, 0) is 9.16 Å². The van der Waals surface area contributed by atoms with Gasteiger partial charge in [0.1, 0.15) is 18.3 Å². The average Bonchev–Trinajstić information content (AvgIpc) is 2.60. The molecule has 1 heterocycles. The highest BCUT2D eigenvalue weighted by atomic mass is 28.4. The molecule has 3 unspecified atom stereocenters. The van der Waals surface area contributed by atoms with Crippen molar-refractivity contribution in [2.75, 3.05) is 13.2 Å². The van der Waals surface area contributed by atoms with Crippen molar-refractivity contribution in [3.63, 3.8) is 0 Å². The van der Waals surface area contributed by atoms with Gasteiger partial charge in [0.15, 0.2) is 8.32 Å². The van der Waals surface area contributed by atoms with Crippen molar-refractivity contribution >= 4 is 8.32 Å². The van der Waals surface area contributed by atoms with Gasteiger partial charge in [0.25, 0.3) is 0 Å². The second kappa shape index (κ2) is 6.67. The fraction of sp³-hybridized carbons (Fsp3) is 1.00. The summed E-state index contributed by atoms with van der Waals surface area (Å²) >= 11 is 0. The quantitative estimate of drug-likeness (QED) is 0.737. The maximum atomic E-state index is 9.83. The Morgan fingerprint density at radius 1 is 1.05 bits per heavy atom. The number of ether oxygens (including phenoxy) is 1. The van der Waals surface area contributed by atoms with E-state index in [1.54, 1.807) is 0 Å². The minimum absolute atomic E-state index is 0.203. The van der Waals surface area contributed by atoms with Gasteiger partial charge in [-0.3, -0.25) is 0 Å². The van der Waals surface area contributed by atoms with E-state index in [-0.39, 0.29) is 6.61 Å². The van der Waals surface area contributed by atoms with Crippen molar-refractivity contribution in [2.24, 2.45) is 0 Å². The molecule has 0 aromatic heterocycles. The van der Waals surface area contributed by atoms with Gasteiger partial charge >= 0.3 is 0 Å². The van der Waals surface area contributed by atoms with E-state index in [0.29, 0.717) is 23.2 Å².